The van der Waals surface area contributed by atoms with Crippen LogP contribution in [-0.2, 0) is 9.47 Å². The van der Waals surface area contributed by atoms with Crippen molar-refractivity contribution in [1.82, 2.24) is 9.55 Å². The van der Waals surface area contributed by atoms with Crippen molar-refractivity contribution >= 4 is 0 Å². The first-order chi connectivity index (χ1) is 10.5. The quantitative estimate of drug-likeness (QED) is 0.426. The first-order valence-corrected chi connectivity index (χ1v) is 6.27. The molecular formula is C11H14FN5O5. The molecule has 1 saturated heterocycles. The lowest BCUT2D eigenvalue weighted by Gasteiger charge is -2.29. The predicted octanol–water partition coefficient (Wildman–Crippen LogP) is -0.540. The number of rotatable bonds is 5. The minimum atomic E-state index is -1.82. The third-order valence-corrected chi connectivity index (χ3v) is 3.48. The van der Waals surface area contributed by atoms with E-state index in [-0.39, 0.29) is 6.54 Å². The average Bonchev–Trinajstić information content (AvgIpc) is 2.78. The van der Waals surface area contributed by atoms with Crippen LogP contribution < -0.4 is 11.2 Å². The van der Waals surface area contributed by atoms with Crippen LogP contribution in [0.3, 0.4) is 0 Å². The standard InChI is InChI=1S/C11H14FN5O5/c1-21-8-7(12)9(17-3-2-6(19)15-10(17)20)22-11(8,5-18)4-14-16-13/h2-3,7-9,18H,4-5H2,1H3,(H,15,19,20)/t7-,8+,9-,11-/m1/s1. The zero-order chi connectivity index (χ0) is 16.3. The summed E-state index contributed by atoms with van der Waals surface area (Å²) in [6.07, 6.45) is -3.44. The molecule has 2 rings (SSSR count). The van der Waals surface area contributed by atoms with Gasteiger partial charge in [0.2, 0.25) is 0 Å². The number of H-pyrrole nitrogens is 1. The largest absolute Gasteiger partial charge is 0.393 e. The lowest BCUT2D eigenvalue weighted by atomic mass is 9.96. The van der Waals surface area contributed by atoms with Crippen LogP contribution in [0.2, 0.25) is 0 Å². The molecule has 0 aliphatic carbocycles. The Balaban J connectivity index is 2.45. The third kappa shape index (κ3) is 2.62. The molecular weight excluding hydrogens is 301 g/mol. The molecule has 11 heteroatoms. The van der Waals surface area contributed by atoms with E-state index in [0.29, 0.717) is 0 Å². The summed E-state index contributed by atoms with van der Waals surface area (Å²) in [6.45, 7) is -1.06. The molecule has 1 aromatic rings. The van der Waals surface area contributed by atoms with E-state index in [0.717, 1.165) is 16.8 Å². The van der Waals surface area contributed by atoms with Crippen LogP contribution in [0.4, 0.5) is 4.39 Å². The molecule has 4 atom stereocenters. The number of nitrogens with one attached hydrogen (secondary N) is 1. The van der Waals surface area contributed by atoms with Crippen LogP contribution in [-0.4, -0.2) is 52.8 Å². The Morgan fingerprint density at radius 2 is 2.41 bits per heavy atom. The number of nitrogens with zero attached hydrogens (tertiary/aromatic N) is 4. The first kappa shape index (κ1) is 16.2. The number of azide groups is 1. The van der Waals surface area contributed by atoms with Crippen LogP contribution in [0, 0.1) is 0 Å². The molecule has 1 aromatic heterocycles. The fraction of sp³-hybridized carbons (Fsp3) is 0.636. The van der Waals surface area contributed by atoms with Crippen LogP contribution in [0.25, 0.3) is 10.4 Å². The number of methoxy groups -OCH3 is 1. The molecule has 1 aliphatic rings. The lowest BCUT2D eigenvalue weighted by Crippen LogP contribution is -2.49. The van der Waals surface area contributed by atoms with Gasteiger partial charge in [-0.25, -0.2) is 9.18 Å². The Kier molecular flexibility index (Phi) is 4.62. The molecule has 0 aromatic carbocycles. The van der Waals surface area contributed by atoms with E-state index in [9.17, 15) is 19.1 Å². The van der Waals surface area contributed by atoms with Crippen LogP contribution in [0.15, 0.2) is 27.0 Å². The SMILES string of the molecule is CO[C@H]1[C@@H](F)[C@H](n2ccc(=O)[nH]c2=O)O[C@@]1(CO)CN=[N+]=[N-]. The molecule has 0 saturated carbocycles. The summed E-state index contributed by atoms with van der Waals surface area (Å²) in [5.41, 5.74) is 5.28. The van der Waals surface area contributed by atoms with E-state index >= 15 is 0 Å². The third-order valence-electron chi connectivity index (χ3n) is 3.48. The Hall–Kier alpha value is -2.20. The summed E-state index contributed by atoms with van der Waals surface area (Å²) in [7, 11) is 1.21. The molecule has 22 heavy (non-hydrogen) atoms. The molecule has 120 valence electrons. The van der Waals surface area contributed by atoms with E-state index in [1.54, 1.807) is 0 Å². The number of aliphatic hydroxyl groups excluding tert-OH is 1. The van der Waals surface area contributed by atoms with Crippen molar-refractivity contribution in [2.24, 2.45) is 5.11 Å². The van der Waals surface area contributed by atoms with Gasteiger partial charge in [0.15, 0.2) is 12.4 Å². The second-order valence-electron chi connectivity index (χ2n) is 4.74. The van der Waals surface area contributed by atoms with Crippen molar-refractivity contribution in [3.05, 3.63) is 43.5 Å². The van der Waals surface area contributed by atoms with Crippen molar-refractivity contribution in [2.45, 2.75) is 24.1 Å². The predicted molar refractivity (Wildman–Crippen MR) is 71.0 cm³/mol. The van der Waals surface area contributed by atoms with E-state index in [2.05, 4.69) is 10.0 Å². The van der Waals surface area contributed by atoms with Gasteiger partial charge in [0.05, 0.1) is 13.2 Å². The highest BCUT2D eigenvalue weighted by Crippen LogP contribution is 2.40. The van der Waals surface area contributed by atoms with Gasteiger partial charge in [-0.15, -0.1) is 0 Å². The summed E-state index contributed by atoms with van der Waals surface area (Å²) < 4.78 is 25.9. The number of aliphatic hydroxyl groups is 1. The summed E-state index contributed by atoms with van der Waals surface area (Å²) in [4.78, 5) is 27.3. The van der Waals surface area contributed by atoms with Gasteiger partial charge in [-0.1, -0.05) is 5.11 Å². The highest BCUT2D eigenvalue weighted by molar-refractivity contribution is 5.04. The Morgan fingerprint density at radius 3 is 2.95 bits per heavy atom. The summed E-state index contributed by atoms with van der Waals surface area (Å²) >= 11 is 0. The van der Waals surface area contributed by atoms with Gasteiger partial charge < -0.3 is 14.6 Å². The van der Waals surface area contributed by atoms with Crippen molar-refractivity contribution in [3.8, 4) is 0 Å². The van der Waals surface area contributed by atoms with Gasteiger partial charge in [0.1, 0.15) is 11.7 Å². The Labute approximate surface area is 122 Å². The maximum absolute atomic E-state index is 14.6. The molecule has 0 unspecified atom stereocenters. The van der Waals surface area contributed by atoms with Gasteiger partial charge >= 0.3 is 5.69 Å². The molecule has 0 amide bonds. The minimum Gasteiger partial charge on any atom is -0.393 e. The van der Waals surface area contributed by atoms with E-state index in [4.69, 9.17) is 15.0 Å². The number of alkyl halides is 1. The second-order valence-corrected chi connectivity index (χ2v) is 4.74. The fourth-order valence-electron chi connectivity index (χ4n) is 2.45. The monoisotopic (exact) mass is 315 g/mol. The zero-order valence-electron chi connectivity index (χ0n) is 11.5. The summed E-state index contributed by atoms with van der Waals surface area (Å²) in [5, 5.41) is 12.8. The first-order valence-electron chi connectivity index (χ1n) is 6.27. The van der Waals surface area contributed by atoms with Crippen molar-refractivity contribution in [3.63, 3.8) is 0 Å². The normalized spacial score (nSPS) is 31.0. The van der Waals surface area contributed by atoms with E-state index < -0.39 is 42.0 Å². The van der Waals surface area contributed by atoms with Gasteiger partial charge in [-0.05, 0) is 5.53 Å². The zero-order valence-corrected chi connectivity index (χ0v) is 11.5. The van der Waals surface area contributed by atoms with Crippen molar-refractivity contribution in [2.75, 3.05) is 20.3 Å². The Morgan fingerprint density at radius 1 is 1.68 bits per heavy atom. The molecule has 0 bridgehead atoms. The number of hydrogen-bond donors (Lipinski definition) is 2. The number of aromatic nitrogens is 2. The van der Waals surface area contributed by atoms with E-state index in [1.807, 2.05) is 4.98 Å². The summed E-state index contributed by atoms with van der Waals surface area (Å²) in [5.74, 6) is 0. The molecule has 2 N–H and O–H groups in total. The average molecular weight is 315 g/mol. The van der Waals surface area contributed by atoms with Gasteiger partial charge in [-0.2, -0.15) is 0 Å². The van der Waals surface area contributed by atoms with Gasteiger partial charge in [0, 0.05) is 24.3 Å². The minimum absolute atomic E-state index is 0.381. The maximum atomic E-state index is 14.6. The molecule has 2 heterocycles. The number of aromatic amines is 1. The van der Waals surface area contributed by atoms with Gasteiger partial charge in [-0.3, -0.25) is 14.3 Å². The second kappa shape index (κ2) is 6.28. The van der Waals surface area contributed by atoms with Crippen molar-refractivity contribution < 1.29 is 19.0 Å². The number of ether oxygens (including phenoxy) is 2. The summed E-state index contributed by atoms with van der Waals surface area (Å²) in [6, 6.07) is 1.03. The highest BCUT2D eigenvalue weighted by atomic mass is 19.1. The van der Waals surface area contributed by atoms with Crippen molar-refractivity contribution in [1.29, 1.82) is 0 Å². The molecule has 1 aliphatic heterocycles. The smallest absolute Gasteiger partial charge is 0.330 e. The maximum Gasteiger partial charge on any atom is 0.330 e. The number of halogens is 1. The molecule has 10 nitrogen and oxygen atoms in total. The lowest BCUT2D eigenvalue weighted by molar-refractivity contribution is -0.128. The topological polar surface area (TPSA) is 142 Å². The van der Waals surface area contributed by atoms with Crippen LogP contribution in [0.5, 0.6) is 0 Å². The molecule has 0 radical (unpaired) electrons. The molecule has 0 spiro atoms. The fourth-order valence-corrected chi connectivity index (χ4v) is 2.45. The Bertz CT molecular complexity index is 699. The van der Waals surface area contributed by atoms with E-state index in [1.165, 1.54) is 7.11 Å². The molecule has 1 fully saturated rings. The van der Waals surface area contributed by atoms with Crippen LogP contribution in [0.1, 0.15) is 6.23 Å². The van der Waals surface area contributed by atoms with Crippen LogP contribution >= 0.6 is 0 Å². The number of hydrogen-bond acceptors (Lipinski definition) is 6. The highest BCUT2D eigenvalue weighted by Gasteiger charge is 2.56. The van der Waals surface area contributed by atoms with Gasteiger partial charge in [0.25, 0.3) is 5.56 Å².